The zero-order chi connectivity index (χ0) is 13.0. The number of hydrogen-bond donors (Lipinski definition) is 0. The van der Waals surface area contributed by atoms with E-state index in [2.05, 4.69) is 21.7 Å². The Morgan fingerprint density at radius 1 is 1.22 bits per heavy atom. The summed E-state index contributed by atoms with van der Waals surface area (Å²) in [5, 5.41) is 0. The van der Waals surface area contributed by atoms with Crippen LogP contribution >= 0.6 is 0 Å². The van der Waals surface area contributed by atoms with Gasteiger partial charge >= 0.3 is 0 Å². The zero-order valence-corrected chi connectivity index (χ0v) is 11.2. The smallest absolute Gasteiger partial charge is 0.180 e. The third-order valence-electron chi connectivity index (χ3n) is 3.54. The Morgan fingerprint density at radius 3 is 2.44 bits per heavy atom. The Morgan fingerprint density at radius 2 is 1.94 bits per heavy atom. The maximum absolute atomic E-state index is 11.5. The molecular weight excluding hydrogens is 226 g/mol. The van der Waals surface area contributed by atoms with Crippen molar-refractivity contribution >= 4 is 11.5 Å². The molecule has 0 amide bonds. The van der Waals surface area contributed by atoms with Crippen LogP contribution in [0.2, 0.25) is 0 Å². The summed E-state index contributed by atoms with van der Waals surface area (Å²) >= 11 is 0. The van der Waals surface area contributed by atoms with Gasteiger partial charge in [0.15, 0.2) is 5.78 Å². The highest BCUT2D eigenvalue weighted by molar-refractivity contribution is 5.94. The molecule has 1 aromatic heterocycles. The van der Waals surface area contributed by atoms with Gasteiger partial charge in [0.2, 0.25) is 0 Å². The Labute approximate surface area is 109 Å². The number of anilines is 1. The van der Waals surface area contributed by atoms with Gasteiger partial charge < -0.3 is 9.80 Å². The summed E-state index contributed by atoms with van der Waals surface area (Å²) in [5.41, 5.74) is 1.70. The lowest BCUT2D eigenvalue weighted by atomic mass is 10.2. The number of piperazine rings is 1. The predicted octanol–water partition coefficient (Wildman–Crippen LogP) is 1.82. The molecule has 0 atom stereocenters. The normalized spacial score (nSPS) is 16.9. The molecule has 0 N–H and O–H groups in total. The highest BCUT2D eigenvalue weighted by atomic mass is 16.1. The molecule has 1 aliphatic heterocycles. The van der Waals surface area contributed by atoms with Gasteiger partial charge in [-0.2, -0.15) is 0 Å². The van der Waals surface area contributed by atoms with Crippen LogP contribution in [0.1, 0.15) is 30.8 Å². The van der Waals surface area contributed by atoms with Crippen molar-refractivity contribution < 1.29 is 4.79 Å². The van der Waals surface area contributed by atoms with Gasteiger partial charge in [0.05, 0.1) is 11.9 Å². The molecule has 2 heterocycles. The number of likely N-dealkylation sites (N-methyl/N-ethyl adjacent to an activating group) is 1. The number of rotatable bonds is 4. The highest BCUT2D eigenvalue weighted by Crippen LogP contribution is 2.16. The average molecular weight is 247 g/mol. The average Bonchev–Trinajstić information content (AvgIpc) is 2.47. The van der Waals surface area contributed by atoms with E-state index in [-0.39, 0.29) is 5.78 Å². The number of hydrogen-bond acceptors (Lipinski definition) is 4. The maximum Gasteiger partial charge on any atom is 0.180 e. The summed E-state index contributed by atoms with van der Waals surface area (Å²) < 4.78 is 0. The lowest BCUT2D eigenvalue weighted by molar-refractivity contribution is 0.0983. The maximum atomic E-state index is 11.5. The molecule has 4 nitrogen and oxygen atoms in total. The quantitative estimate of drug-likeness (QED) is 0.760. The van der Waals surface area contributed by atoms with E-state index >= 15 is 0 Å². The van der Waals surface area contributed by atoms with Crippen LogP contribution in [0.25, 0.3) is 0 Å². The fraction of sp³-hybridized carbons (Fsp3) is 0.571. The lowest BCUT2D eigenvalue weighted by Gasteiger charge is -2.35. The van der Waals surface area contributed by atoms with Crippen molar-refractivity contribution in [2.75, 3.05) is 37.6 Å². The molecule has 1 fully saturated rings. The second-order valence-corrected chi connectivity index (χ2v) is 4.60. The van der Waals surface area contributed by atoms with E-state index in [1.165, 1.54) is 0 Å². The fourth-order valence-corrected chi connectivity index (χ4v) is 2.24. The number of pyridine rings is 1. The van der Waals surface area contributed by atoms with Gasteiger partial charge in [-0.25, -0.2) is 0 Å². The largest absolute Gasteiger partial charge is 0.368 e. The van der Waals surface area contributed by atoms with Gasteiger partial charge in [0, 0.05) is 32.6 Å². The second-order valence-electron chi connectivity index (χ2n) is 4.60. The first-order chi connectivity index (χ1) is 8.74. The van der Waals surface area contributed by atoms with E-state index in [9.17, 15) is 4.79 Å². The fourth-order valence-electron chi connectivity index (χ4n) is 2.24. The number of carbonyl (C=O) groups excluding carboxylic acids is 1. The number of carbonyl (C=O) groups is 1. The third-order valence-corrected chi connectivity index (χ3v) is 3.54. The SMILES string of the molecule is CCC(=O)c1ccc(N2CCN(CC)CC2)cn1. The van der Waals surface area contributed by atoms with Crippen molar-refractivity contribution in [1.29, 1.82) is 0 Å². The minimum atomic E-state index is 0.109. The van der Waals surface area contributed by atoms with Gasteiger partial charge in [-0.1, -0.05) is 13.8 Å². The van der Waals surface area contributed by atoms with Crippen molar-refractivity contribution in [3.8, 4) is 0 Å². The Balaban J connectivity index is 2.00. The molecular formula is C14H21N3O. The topological polar surface area (TPSA) is 36.4 Å². The molecule has 0 radical (unpaired) electrons. The molecule has 0 unspecified atom stereocenters. The van der Waals surface area contributed by atoms with Crippen LogP contribution in [0.5, 0.6) is 0 Å². The number of nitrogens with zero attached hydrogens (tertiary/aromatic N) is 3. The molecule has 0 spiro atoms. The van der Waals surface area contributed by atoms with Crippen LogP contribution in [0.3, 0.4) is 0 Å². The lowest BCUT2D eigenvalue weighted by Crippen LogP contribution is -2.46. The van der Waals surface area contributed by atoms with E-state index in [0.29, 0.717) is 12.1 Å². The molecule has 0 bridgehead atoms. The van der Waals surface area contributed by atoms with Crippen molar-refractivity contribution in [3.63, 3.8) is 0 Å². The minimum Gasteiger partial charge on any atom is -0.368 e. The predicted molar refractivity (Wildman–Crippen MR) is 73.2 cm³/mol. The monoisotopic (exact) mass is 247 g/mol. The molecule has 1 saturated heterocycles. The summed E-state index contributed by atoms with van der Waals surface area (Å²) in [6, 6.07) is 3.85. The summed E-state index contributed by atoms with van der Waals surface area (Å²) in [6.45, 7) is 9.46. The Bertz CT molecular complexity index is 394. The summed E-state index contributed by atoms with van der Waals surface area (Å²) in [5.74, 6) is 0.109. The molecule has 98 valence electrons. The summed E-state index contributed by atoms with van der Waals surface area (Å²) in [4.78, 5) is 20.5. The van der Waals surface area contributed by atoms with Gasteiger partial charge in [0.25, 0.3) is 0 Å². The molecule has 4 heteroatoms. The first kappa shape index (κ1) is 13.0. The number of Topliss-reactive ketones (excluding diaryl/α,β-unsaturated/α-hetero) is 1. The molecule has 1 aromatic rings. The molecule has 0 aliphatic carbocycles. The minimum absolute atomic E-state index is 0.109. The van der Waals surface area contributed by atoms with E-state index in [4.69, 9.17) is 0 Å². The molecule has 0 aromatic carbocycles. The third kappa shape index (κ3) is 2.88. The van der Waals surface area contributed by atoms with E-state index < -0.39 is 0 Å². The van der Waals surface area contributed by atoms with Crippen LogP contribution in [0.15, 0.2) is 18.3 Å². The van der Waals surface area contributed by atoms with Crippen molar-refractivity contribution in [2.45, 2.75) is 20.3 Å². The van der Waals surface area contributed by atoms with E-state index in [1.54, 1.807) is 0 Å². The number of aromatic nitrogens is 1. The standard InChI is InChI=1S/C14H21N3O/c1-3-14(18)13-6-5-12(11-15-13)17-9-7-16(4-2)8-10-17/h5-6,11H,3-4,7-10H2,1-2H3. The first-order valence-electron chi connectivity index (χ1n) is 6.71. The molecule has 1 aliphatic rings. The van der Waals surface area contributed by atoms with E-state index in [0.717, 1.165) is 38.4 Å². The van der Waals surface area contributed by atoms with Gasteiger partial charge in [-0.15, -0.1) is 0 Å². The second kappa shape index (κ2) is 5.96. The van der Waals surface area contributed by atoms with Crippen LogP contribution in [-0.2, 0) is 0 Å². The number of ketones is 1. The highest BCUT2D eigenvalue weighted by Gasteiger charge is 2.16. The molecule has 18 heavy (non-hydrogen) atoms. The van der Waals surface area contributed by atoms with Crippen molar-refractivity contribution in [1.82, 2.24) is 9.88 Å². The van der Waals surface area contributed by atoms with Crippen LogP contribution in [-0.4, -0.2) is 48.4 Å². The van der Waals surface area contributed by atoms with Crippen LogP contribution in [0, 0.1) is 0 Å². The summed E-state index contributed by atoms with van der Waals surface area (Å²) in [6.07, 6.45) is 2.34. The van der Waals surface area contributed by atoms with Crippen LogP contribution in [0.4, 0.5) is 5.69 Å². The van der Waals surface area contributed by atoms with Crippen molar-refractivity contribution in [3.05, 3.63) is 24.0 Å². The van der Waals surface area contributed by atoms with Gasteiger partial charge in [0.1, 0.15) is 5.69 Å². The molecule has 2 rings (SSSR count). The van der Waals surface area contributed by atoms with Gasteiger partial charge in [-0.05, 0) is 18.7 Å². The summed E-state index contributed by atoms with van der Waals surface area (Å²) in [7, 11) is 0. The van der Waals surface area contributed by atoms with E-state index in [1.807, 2.05) is 25.3 Å². The van der Waals surface area contributed by atoms with Crippen LogP contribution < -0.4 is 4.90 Å². The zero-order valence-electron chi connectivity index (χ0n) is 11.2. The Kier molecular flexibility index (Phi) is 4.31. The van der Waals surface area contributed by atoms with Gasteiger partial charge in [-0.3, -0.25) is 9.78 Å². The molecule has 0 saturated carbocycles. The first-order valence-corrected chi connectivity index (χ1v) is 6.71. The Hall–Kier alpha value is -1.42. The van der Waals surface area contributed by atoms with Crippen molar-refractivity contribution in [2.24, 2.45) is 0 Å².